The van der Waals surface area contributed by atoms with Crippen molar-refractivity contribution in [1.29, 1.82) is 0 Å². The lowest BCUT2D eigenvalue weighted by Gasteiger charge is -2.07. The van der Waals surface area contributed by atoms with Gasteiger partial charge in [0.15, 0.2) is 0 Å². The number of benzene rings is 1. The zero-order valence-corrected chi connectivity index (χ0v) is 14.1. The predicted molar refractivity (Wildman–Crippen MR) is 81.2 cm³/mol. The molecule has 0 atom stereocenters. The number of carbonyl (C=O) groups is 1. The number of halogens is 2. The molecular formula is C11H13Cl2NO5S2. The van der Waals surface area contributed by atoms with Crippen molar-refractivity contribution in [2.24, 2.45) is 0 Å². The molecule has 0 saturated carbocycles. The van der Waals surface area contributed by atoms with Crippen LogP contribution in [-0.4, -0.2) is 41.3 Å². The molecule has 0 aromatic heterocycles. The van der Waals surface area contributed by atoms with Crippen LogP contribution in [0.5, 0.6) is 0 Å². The number of carbonyl (C=O) groups excluding carboxylic acids is 1. The van der Waals surface area contributed by atoms with Gasteiger partial charge in [-0.15, -0.1) is 0 Å². The fourth-order valence-corrected chi connectivity index (χ4v) is 3.63. The molecule has 0 fully saturated rings. The van der Waals surface area contributed by atoms with Gasteiger partial charge in [0, 0.05) is 29.0 Å². The first-order valence-electron chi connectivity index (χ1n) is 5.71. The minimum Gasteiger partial charge on any atom is -0.352 e. The molecule has 1 aromatic carbocycles. The van der Waals surface area contributed by atoms with Gasteiger partial charge in [-0.1, -0.05) is 11.6 Å². The molecular weight excluding hydrogens is 361 g/mol. The summed E-state index contributed by atoms with van der Waals surface area (Å²) in [4.78, 5) is 11.5. The van der Waals surface area contributed by atoms with Gasteiger partial charge in [-0.3, -0.25) is 4.79 Å². The van der Waals surface area contributed by atoms with E-state index in [1.54, 1.807) is 0 Å². The highest BCUT2D eigenvalue weighted by Crippen LogP contribution is 2.25. The Morgan fingerprint density at radius 1 is 1.24 bits per heavy atom. The molecule has 0 bridgehead atoms. The highest BCUT2D eigenvalue weighted by Gasteiger charge is 2.17. The maximum Gasteiger partial charge on any atom is 0.262 e. The van der Waals surface area contributed by atoms with Crippen molar-refractivity contribution >= 4 is 47.1 Å². The van der Waals surface area contributed by atoms with Crippen molar-refractivity contribution in [3.63, 3.8) is 0 Å². The number of hydrogen-bond donors (Lipinski definition) is 1. The van der Waals surface area contributed by atoms with Gasteiger partial charge in [-0.05, 0) is 24.6 Å². The van der Waals surface area contributed by atoms with Crippen LogP contribution in [-0.2, 0) is 18.9 Å². The SMILES string of the molecule is CS(=O)(=O)CCCNC(=O)c1ccc(Cl)c(S(=O)(=O)Cl)c1. The standard InChI is InChI=1S/C11H13Cl2NO5S2/c1-20(16,17)6-2-5-14-11(15)8-3-4-9(12)10(7-8)21(13,18)19/h3-4,7H,2,5-6H2,1H3,(H,14,15). The maximum atomic E-state index is 11.8. The monoisotopic (exact) mass is 373 g/mol. The first-order valence-corrected chi connectivity index (χ1v) is 10.5. The van der Waals surface area contributed by atoms with Gasteiger partial charge in [0.05, 0.1) is 10.8 Å². The van der Waals surface area contributed by atoms with Crippen LogP contribution in [0.25, 0.3) is 0 Å². The Hall–Kier alpha value is -0.830. The smallest absolute Gasteiger partial charge is 0.262 e. The Balaban J connectivity index is 2.76. The Morgan fingerprint density at radius 2 is 1.86 bits per heavy atom. The summed E-state index contributed by atoms with van der Waals surface area (Å²) in [6.07, 6.45) is 1.37. The normalized spacial score (nSPS) is 12.1. The summed E-state index contributed by atoms with van der Waals surface area (Å²) in [5.74, 6) is -0.586. The highest BCUT2D eigenvalue weighted by atomic mass is 35.7. The molecule has 1 aromatic rings. The second-order valence-corrected chi connectivity index (χ2v) is 9.52. The van der Waals surface area contributed by atoms with E-state index in [1.165, 1.54) is 12.1 Å². The van der Waals surface area contributed by atoms with Crippen molar-refractivity contribution < 1.29 is 21.6 Å². The van der Waals surface area contributed by atoms with E-state index < -0.39 is 24.8 Å². The molecule has 10 heteroatoms. The Labute approximate surface area is 132 Å². The Kier molecular flexibility index (Phi) is 6.03. The van der Waals surface area contributed by atoms with Crippen molar-refractivity contribution in [3.8, 4) is 0 Å². The summed E-state index contributed by atoms with van der Waals surface area (Å²) >= 11 is 5.70. The number of amides is 1. The van der Waals surface area contributed by atoms with Gasteiger partial charge >= 0.3 is 0 Å². The van der Waals surface area contributed by atoms with Crippen LogP contribution in [0.2, 0.25) is 5.02 Å². The van der Waals surface area contributed by atoms with Crippen molar-refractivity contribution in [2.75, 3.05) is 18.6 Å². The largest absolute Gasteiger partial charge is 0.352 e. The summed E-state index contributed by atoms with van der Waals surface area (Å²) in [7, 11) is -1.93. The van der Waals surface area contributed by atoms with Crippen molar-refractivity contribution in [2.45, 2.75) is 11.3 Å². The molecule has 0 aliphatic heterocycles. The molecule has 0 unspecified atom stereocenters. The average molecular weight is 374 g/mol. The fraction of sp³-hybridized carbons (Fsp3) is 0.364. The third-order valence-corrected chi connectivity index (χ3v) is 5.27. The third-order valence-electron chi connectivity index (χ3n) is 2.43. The van der Waals surface area contributed by atoms with E-state index in [0.29, 0.717) is 0 Å². The molecule has 1 rings (SSSR count). The highest BCUT2D eigenvalue weighted by molar-refractivity contribution is 8.13. The molecule has 0 heterocycles. The second-order valence-electron chi connectivity index (χ2n) is 4.32. The topological polar surface area (TPSA) is 97.4 Å². The fourth-order valence-electron chi connectivity index (χ4n) is 1.47. The van der Waals surface area contributed by atoms with Crippen LogP contribution < -0.4 is 5.32 Å². The van der Waals surface area contributed by atoms with Gasteiger partial charge < -0.3 is 5.32 Å². The van der Waals surface area contributed by atoms with Crippen LogP contribution >= 0.6 is 22.3 Å². The van der Waals surface area contributed by atoms with Crippen molar-refractivity contribution in [3.05, 3.63) is 28.8 Å². The van der Waals surface area contributed by atoms with Crippen LogP contribution in [0.15, 0.2) is 23.1 Å². The second kappa shape index (κ2) is 6.95. The van der Waals surface area contributed by atoms with Gasteiger partial charge in [0.2, 0.25) is 0 Å². The predicted octanol–water partition coefficient (Wildman–Crippen LogP) is 1.43. The molecule has 6 nitrogen and oxygen atoms in total. The lowest BCUT2D eigenvalue weighted by atomic mass is 10.2. The number of nitrogens with one attached hydrogen (secondary N) is 1. The zero-order valence-electron chi connectivity index (χ0n) is 11.0. The zero-order chi connectivity index (χ0) is 16.3. The summed E-state index contributed by atoms with van der Waals surface area (Å²) in [5, 5.41) is 2.40. The maximum absolute atomic E-state index is 11.8. The summed E-state index contributed by atoms with van der Waals surface area (Å²) < 4.78 is 44.4. The number of sulfone groups is 1. The van der Waals surface area contributed by atoms with E-state index in [2.05, 4.69) is 5.32 Å². The van der Waals surface area contributed by atoms with E-state index in [0.717, 1.165) is 12.3 Å². The molecule has 21 heavy (non-hydrogen) atoms. The molecule has 0 spiro atoms. The molecule has 1 amide bonds. The molecule has 118 valence electrons. The van der Waals surface area contributed by atoms with Gasteiger partial charge in [-0.2, -0.15) is 0 Å². The van der Waals surface area contributed by atoms with Crippen LogP contribution in [0, 0.1) is 0 Å². The van der Waals surface area contributed by atoms with E-state index in [-0.39, 0.29) is 34.2 Å². The molecule has 0 radical (unpaired) electrons. The molecule has 0 aliphatic rings. The van der Waals surface area contributed by atoms with Crippen LogP contribution in [0.4, 0.5) is 0 Å². The van der Waals surface area contributed by atoms with Crippen LogP contribution in [0.1, 0.15) is 16.8 Å². The van der Waals surface area contributed by atoms with Gasteiger partial charge in [-0.25, -0.2) is 16.8 Å². The Bertz CT molecular complexity index is 744. The van der Waals surface area contributed by atoms with E-state index >= 15 is 0 Å². The van der Waals surface area contributed by atoms with E-state index in [4.69, 9.17) is 22.3 Å². The summed E-state index contributed by atoms with van der Waals surface area (Å²) in [5.41, 5.74) is 0.0676. The number of hydrogen-bond acceptors (Lipinski definition) is 5. The first-order chi connectivity index (χ1) is 9.50. The van der Waals surface area contributed by atoms with E-state index in [1.807, 2.05) is 0 Å². The average Bonchev–Trinajstić information content (AvgIpc) is 2.32. The minimum absolute atomic E-state index is 0.0464. The first kappa shape index (κ1) is 18.2. The lowest BCUT2D eigenvalue weighted by Crippen LogP contribution is -2.26. The van der Waals surface area contributed by atoms with Gasteiger partial charge in [0.25, 0.3) is 15.0 Å². The molecule has 1 N–H and O–H groups in total. The number of rotatable bonds is 6. The van der Waals surface area contributed by atoms with Crippen LogP contribution in [0.3, 0.4) is 0 Å². The third kappa shape index (κ3) is 6.21. The quantitative estimate of drug-likeness (QED) is 0.600. The molecule has 0 saturated heterocycles. The summed E-state index contributed by atoms with van der Waals surface area (Å²) in [6.45, 7) is 0.150. The molecule has 0 aliphatic carbocycles. The minimum atomic E-state index is -4.05. The van der Waals surface area contributed by atoms with Gasteiger partial charge in [0.1, 0.15) is 14.7 Å². The lowest BCUT2D eigenvalue weighted by molar-refractivity contribution is 0.0953. The van der Waals surface area contributed by atoms with E-state index in [9.17, 15) is 21.6 Å². The van der Waals surface area contributed by atoms with Crippen molar-refractivity contribution in [1.82, 2.24) is 5.32 Å². The summed E-state index contributed by atoms with van der Waals surface area (Å²) in [6, 6.07) is 3.67. The Morgan fingerprint density at radius 3 is 2.38 bits per heavy atom.